The summed E-state index contributed by atoms with van der Waals surface area (Å²) in [6.07, 6.45) is 3.77. The van der Waals surface area contributed by atoms with Gasteiger partial charge in [0.05, 0.1) is 12.4 Å². The number of rotatable bonds is 2. The van der Waals surface area contributed by atoms with E-state index in [2.05, 4.69) is 34.2 Å². The highest BCUT2D eigenvalue weighted by molar-refractivity contribution is 5.92. The van der Waals surface area contributed by atoms with Crippen molar-refractivity contribution in [3.63, 3.8) is 0 Å². The van der Waals surface area contributed by atoms with Gasteiger partial charge in [0.2, 0.25) is 0 Å². The van der Waals surface area contributed by atoms with Crippen LogP contribution in [0.1, 0.15) is 23.8 Å². The van der Waals surface area contributed by atoms with E-state index >= 15 is 0 Å². The van der Waals surface area contributed by atoms with Gasteiger partial charge in [-0.25, -0.2) is 9.97 Å². The van der Waals surface area contributed by atoms with Gasteiger partial charge in [-0.15, -0.1) is 0 Å². The first kappa shape index (κ1) is 12.8. The maximum atomic E-state index is 12.0. The number of carbonyl (C=O) groups excluding carboxylic acids is 1. The largest absolute Gasteiger partial charge is 0.382 e. The van der Waals surface area contributed by atoms with Crippen LogP contribution in [0.2, 0.25) is 0 Å². The molecule has 1 aliphatic rings. The Labute approximate surface area is 107 Å². The fourth-order valence-corrected chi connectivity index (χ4v) is 2.27. The van der Waals surface area contributed by atoms with E-state index < -0.39 is 0 Å². The Morgan fingerprint density at radius 3 is 2.89 bits per heavy atom. The average molecular weight is 249 g/mol. The Morgan fingerprint density at radius 1 is 1.50 bits per heavy atom. The van der Waals surface area contributed by atoms with Gasteiger partial charge in [-0.3, -0.25) is 4.79 Å². The third-order valence-corrected chi connectivity index (χ3v) is 3.33. The van der Waals surface area contributed by atoms with Gasteiger partial charge in [0, 0.05) is 12.6 Å². The molecule has 1 amide bonds. The normalized spacial score (nSPS) is 24.8. The lowest BCUT2D eigenvalue weighted by atomic mass is 9.94. The minimum absolute atomic E-state index is 0.177. The number of anilines is 1. The first-order valence-electron chi connectivity index (χ1n) is 6.13. The van der Waals surface area contributed by atoms with Crippen LogP contribution in [-0.2, 0) is 0 Å². The summed E-state index contributed by atoms with van der Waals surface area (Å²) >= 11 is 0. The van der Waals surface area contributed by atoms with Gasteiger partial charge in [-0.2, -0.15) is 0 Å². The van der Waals surface area contributed by atoms with E-state index in [4.69, 9.17) is 5.73 Å². The van der Waals surface area contributed by atoms with Crippen molar-refractivity contribution in [1.29, 1.82) is 0 Å². The van der Waals surface area contributed by atoms with E-state index in [0.717, 1.165) is 19.5 Å². The molecule has 3 N–H and O–H groups in total. The molecule has 98 valence electrons. The van der Waals surface area contributed by atoms with Crippen molar-refractivity contribution in [2.24, 2.45) is 5.92 Å². The van der Waals surface area contributed by atoms with Crippen LogP contribution in [0.15, 0.2) is 12.4 Å². The zero-order valence-corrected chi connectivity index (χ0v) is 10.8. The molecule has 2 heterocycles. The molecule has 6 heteroatoms. The number of hydrogen-bond donors (Lipinski definition) is 2. The topological polar surface area (TPSA) is 84.1 Å². The first-order chi connectivity index (χ1) is 8.56. The van der Waals surface area contributed by atoms with Gasteiger partial charge < -0.3 is 16.0 Å². The van der Waals surface area contributed by atoms with Crippen LogP contribution in [0.25, 0.3) is 0 Å². The quantitative estimate of drug-likeness (QED) is 0.778. The van der Waals surface area contributed by atoms with E-state index in [0.29, 0.717) is 17.4 Å². The van der Waals surface area contributed by atoms with Gasteiger partial charge in [0.15, 0.2) is 0 Å². The minimum Gasteiger partial charge on any atom is -0.382 e. The first-order valence-corrected chi connectivity index (χ1v) is 6.13. The fraction of sp³-hybridized carbons (Fsp3) is 0.583. The molecule has 1 saturated heterocycles. The monoisotopic (exact) mass is 249 g/mol. The van der Waals surface area contributed by atoms with Crippen LogP contribution in [0.4, 0.5) is 5.82 Å². The number of nitrogen functional groups attached to an aromatic ring is 1. The molecule has 1 aromatic heterocycles. The third kappa shape index (κ3) is 2.95. The number of nitrogens with zero attached hydrogens (tertiary/aromatic N) is 3. The summed E-state index contributed by atoms with van der Waals surface area (Å²) in [5.41, 5.74) is 5.75. The standard InChI is InChI=1S/C12H19N5O/c1-8-7-17(2)4-3-9(8)16-12(18)10-5-15-11(13)6-14-10/h5-6,8-9H,3-4,7H2,1-2H3,(H2,13,15)(H,16,18). The molecule has 2 atom stereocenters. The third-order valence-electron chi connectivity index (χ3n) is 3.33. The summed E-state index contributed by atoms with van der Waals surface area (Å²) in [5, 5.41) is 3.02. The van der Waals surface area contributed by atoms with E-state index in [-0.39, 0.29) is 11.9 Å². The van der Waals surface area contributed by atoms with Crippen molar-refractivity contribution in [1.82, 2.24) is 20.2 Å². The molecule has 2 rings (SSSR count). The van der Waals surface area contributed by atoms with E-state index in [1.165, 1.54) is 12.4 Å². The summed E-state index contributed by atoms with van der Waals surface area (Å²) in [6.45, 7) is 4.15. The van der Waals surface area contributed by atoms with Crippen molar-refractivity contribution >= 4 is 11.7 Å². The fourth-order valence-electron chi connectivity index (χ4n) is 2.27. The highest BCUT2D eigenvalue weighted by atomic mass is 16.1. The maximum absolute atomic E-state index is 12.0. The Balaban J connectivity index is 1.97. The Kier molecular flexibility index (Phi) is 3.76. The SMILES string of the molecule is CC1CN(C)CCC1NC(=O)c1cnc(N)cn1. The lowest BCUT2D eigenvalue weighted by molar-refractivity contribution is 0.0878. The van der Waals surface area contributed by atoms with Crippen LogP contribution in [-0.4, -0.2) is 47.0 Å². The number of piperidine rings is 1. The molecular formula is C12H19N5O. The van der Waals surface area contributed by atoms with Crippen molar-refractivity contribution < 1.29 is 4.79 Å². The Hall–Kier alpha value is -1.69. The number of amides is 1. The molecule has 0 aromatic carbocycles. The van der Waals surface area contributed by atoms with E-state index in [9.17, 15) is 4.79 Å². The van der Waals surface area contributed by atoms with Crippen LogP contribution in [0.5, 0.6) is 0 Å². The van der Waals surface area contributed by atoms with Crippen molar-refractivity contribution in [2.45, 2.75) is 19.4 Å². The van der Waals surface area contributed by atoms with E-state index in [1.54, 1.807) is 0 Å². The predicted molar refractivity (Wildman–Crippen MR) is 69.0 cm³/mol. The highest BCUT2D eigenvalue weighted by Crippen LogP contribution is 2.15. The smallest absolute Gasteiger partial charge is 0.271 e. The summed E-state index contributed by atoms with van der Waals surface area (Å²) in [6, 6.07) is 0.202. The van der Waals surface area contributed by atoms with Gasteiger partial charge in [0.1, 0.15) is 11.5 Å². The minimum atomic E-state index is -0.177. The number of carbonyl (C=O) groups is 1. The molecule has 6 nitrogen and oxygen atoms in total. The number of aromatic nitrogens is 2. The van der Waals surface area contributed by atoms with Crippen LogP contribution in [0, 0.1) is 5.92 Å². The van der Waals surface area contributed by atoms with Crippen molar-refractivity contribution in [3.05, 3.63) is 18.1 Å². The molecule has 0 bridgehead atoms. The summed E-state index contributed by atoms with van der Waals surface area (Å²) < 4.78 is 0. The lowest BCUT2D eigenvalue weighted by Crippen LogP contribution is -2.49. The molecule has 0 saturated carbocycles. The van der Waals surface area contributed by atoms with Crippen molar-refractivity contribution in [3.8, 4) is 0 Å². The average Bonchev–Trinajstić information content (AvgIpc) is 2.33. The summed E-state index contributed by atoms with van der Waals surface area (Å²) in [4.78, 5) is 22.1. The zero-order valence-electron chi connectivity index (χ0n) is 10.8. The highest BCUT2D eigenvalue weighted by Gasteiger charge is 2.26. The van der Waals surface area contributed by atoms with Gasteiger partial charge in [0.25, 0.3) is 5.91 Å². The van der Waals surface area contributed by atoms with Crippen LogP contribution >= 0.6 is 0 Å². The molecule has 0 radical (unpaired) electrons. The number of nitrogens with two attached hydrogens (primary N) is 1. The van der Waals surface area contributed by atoms with Gasteiger partial charge in [-0.05, 0) is 25.9 Å². The van der Waals surface area contributed by atoms with Gasteiger partial charge >= 0.3 is 0 Å². The number of hydrogen-bond acceptors (Lipinski definition) is 5. The zero-order chi connectivity index (χ0) is 13.1. The summed E-state index contributed by atoms with van der Waals surface area (Å²) in [5.74, 6) is 0.581. The van der Waals surface area contributed by atoms with Gasteiger partial charge in [-0.1, -0.05) is 6.92 Å². The molecule has 1 aliphatic heterocycles. The second-order valence-corrected chi connectivity index (χ2v) is 4.93. The van der Waals surface area contributed by atoms with Crippen LogP contribution in [0.3, 0.4) is 0 Å². The number of likely N-dealkylation sites (tertiary alicyclic amines) is 1. The maximum Gasteiger partial charge on any atom is 0.271 e. The second-order valence-electron chi connectivity index (χ2n) is 4.93. The molecular weight excluding hydrogens is 230 g/mol. The molecule has 18 heavy (non-hydrogen) atoms. The molecule has 2 unspecified atom stereocenters. The van der Waals surface area contributed by atoms with Crippen LogP contribution < -0.4 is 11.1 Å². The number of nitrogens with one attached hydrogen (secondary N) is 1. The lowest BCUT2D eigenvalue weighted by Gasteiger charge is -2.35. The Bertz CT molecular complexity index is 419. The van der Waals surface area contributed by atoms with E-state index in [1.807, 2.05) is 0 Å². The van der Waals surface area contributed by atoms with Crippen molar-refractivity contribution in [2.75, 3.05) is 25.9 Å². The molecule has 0 spiro atoms. The second kappa shape index (κ2) is 5.30. The molecule has 0 aliphatic carbocycles. The Morgan fingerprint density at radius 2 is 2.28 bits per heavy atom. The molecule has 1 fully saturated rings. The molecule has 1 aromatic rings. The summed E-state index contributed by atoms with van der Waals surface area (Å²) in [7, 11) is 2.10. The predicted octanol–water partition coefficient (Wildman–Crippen LogP) is 0.129.